The van der Waals surface area contributed by atoms with E-state index in [0.717, 1.165) is 32.5 Å². The number of carbonyl (C=O) groups excluding carboxylic acids is 1. The van der Waals surface area contributed by atoms with Gasteiger partial charge in [-0.05, 0) is 39.5 Å². The first-order valence-corrected chi connectivity index (χ1v) is 9.84. The molecule has 5 unspecified atom stereocenters. The highest BCUT2D eigenvalue weighted by Gasteiger charge is 2.60. The Kier molecular flexibility index (Phi) is 4.07. The van der Waals surface area contributed by atoms with E-state index in [-0.39, 0.29) is 17.5 Å². The van der Waals surface area contributed by atoms with Crippen LogP contribution in [0.5, 0.6) is 0 Å². The van der Waals surface area contributed by atoms with E-state index >= 15 is 0 Å². The minimum Gasteiger partial charge on any atom is -0.377 e. The average molecular weight is 335 g/mol. The molecule has 24 heavy (non-hydrogen) atoms. The summed E-state index contributed by atoms with van der Waals surface area (Å²) in [7, 11) is 0. The van der Waals surface area contributed by atoms with Crippen LogP contribution in [0, 0.1) is 11.3 Å². The van der Waals surface area contributed by atoms with E-state index in [4.69, 9.17) is 4.74 Å². The fourth-order valence-electron chi connectivity index (χ4n) is 5.98. The number of urea groups is 1. The molecule has 136 valence electrons. The van der Waals surface area contributed by atoms with Gasteiger partial charge in [-0.2, -0.15) is 0 Å². The predicted molar refractivity (Wildman–Crippen MR) is 93.9 cm³/mol. The largest absolute Gasteiger partial charge is 0.377 e. The van der Waals surface area contributed by atoms with Crippen LogP contribution in [0.25, 0.3) is 0 Å². The molecule has 4 fully saturated rings. The third kappa shape index (κ3) is 2.47. The van der Waals surface area contributed by atoms with Crippen LogP contribution in [0.1, 0.15) is 53.4 Å². The van der Waals surface area contributed by atoms with Gasteiger partial charge in [0, 0.05) is 55.2 Å². The molecule has 2 bridgehead atoms. The molecule has 0 aromatic carbocycles. The summed E-state index contributed by atoms with van der Waals surface area (Å²) in [6, 6.07) is 2.20. The molecule has 1 N–H and O–H groups in total. The number of fused-ring (bicyclic) bond motifs is 3. The second-order valence-corrected chi connectivity index (χ2v) is 9.15. The molecular weight excluding hydrogens is 302 g/mol. The summed E-state index contributed by atoms with van der Waals surface area (Å²) in [6.45, 7) is 11.7. The van der Waals surface area contributed by atoms with Crippen molar-refractivity contribution in [1.29, 1.82) is 0 Å². The van der Waals surface area contributed by atoms with E-state index < -0.39 is 0 Å². The van der Waals surface area contributed by atoms with Crippen LogP contribution in [0.3, 0.4) is 0 Å². The van der Waals surface area contributed by atoms with Crippen LogP contribution < -0.4 is 5.32 Å². The molecule has 4 rings (SSSR count). The monoisotopic (exact) mass is 335 g/mol. The quantitative estimate of drug-likeness (QED) is 0.843. The highest BCUT2D eigenvalue weighted by Crippen LogP contribution is 2.52. The molecule has 0 spiro atoms. The normalized spacial score (nSPS) is 41.0. The molecule has 5 nitrogen and oxygen atoms in total. The number of hydrogen-bond donors (Lipinski definition) is 1. The summed E-state index contributed by atoms with van der Waals surface area (Å²) < 4.78 is 5.85. The van der Waals surface area contributed by atoms with Crippen LogP contribution in [0.15, 0.2) is 0 Å². The maximum absolute atomic E-state index is 12.9. The molecule has 3 heterocycles. The molecular formula is C19H33N3O2. The van der Waals surface area contributed by atoms with Gasteiger partial charge in [-0.3, -0.25) is 4.90 Å². The van der Waals surface area contributed by atoms with Crippen molar-refractivity contribution in [3.05, 3.63) is 0 Å². The summed E-state index contributed by atoms with van der Waals surface area (Å²) in [5, 5.41) is 3.37. The smallest absolute Gasteiger partial charge is 0.317 e. The molecule has 1 aliphatic carbocycles. The second kappa shape index (κ2) is 5.87. The van der Waals surface area contributed by atoms with E-state index in [0.29, 0.717) is 30.1 Å². The summed E-state index contributed by atoms with van der Waals surface area (Å²) in [4.78, 5) is 17.7. The zero-order valence-corrected chi connectivity index (χ0v) is 15.6. The van der Waals surface area contributed by atoms with Crippen molar-refractivity contribution in [1.82, 2.24) is 15.1 Å². The summed E-state index contributed by atoms with van der Waals surface area (Å²) in [6.07, 6.45) is 5.07. The van der Waals surface area contributed by atoms with Crippen LogP contribution >= 0.6 is 0 Å². The van der Waals surface area contributed by atoms with Gasteiger partial charge in [0.1, 0.15) is 0 Å². The number of amides is 2. The molecule has 5 atom stereocenters. The van der Waals surface area contributed by atoms with Gasteiger partial charge >= 0.3 is 6.03 Å². The number of nitrogens with zero attached hydrogens (tertiary/aromatic N) is 2. The standard InChI is InChI=1S/C19H33N3O2/c1-12(2)22-13-5-6-14(22)11-21(9-7-13)18(23)20-16-15-8-10-24-17(15)19(16,3)4/h12-17H,5-11H2,1-4H3,(H,20,23). The number of likely N-dealkylation sites (tertiary alicyclic amines) is 1. The van der Waals surface area contributed by atoms with Crippen LogP contribution in [-0.4, -0.2) is 65.8 Å². The zero-order valence-electron chi connectivity index (χ0n) is 15.6. The van der Waals surface area contributed by atoms with E-state index in [1.807, 2.05) is 0 Å². The molecule has 0 aromatic heterocycles. The van der Waals surface area contributed by atoms with Crippen molar-refractivity contribution in [3.8, 4) is 0 Å². The van der Waals surface area contributed by atoms with Crippen molar-refractivity contribution in [2.45, 2.75) is 83.6 Å². The van der Waals surface area contributed by atoms with Crippen molar-refractivity contribution >= 4 is 6.03 Å². The molecule has 4 aliphatic rings. The van der Waals surface area contributed by atoms with Crippen LogP contribution in [-0.2, 0) is 4.74 Å². The molecule has 0 aromatic rings. The third-order valence-corrected chi connectivity index (χ3v) is 7.10. The van der Waals surface area contributed by atoms with E-state index in [9.17, 15) is 4.79 Å². The Morgan fingerprint density at radius 3 is 2.67 bits per heavy atom. The molecule has 3 aliphatic heterocycles. The zero-order chi connectivity index (χ0) is 17.1. The lowest BCUT2D eigenvalue weighted by Gasteiger charge is -2.54. The van der Waals surface area contributed by atoms with Gasteiger partial charge in [0.05, 0.1) is 6.10 Å². The summed E-state index contributed by atoms with van der Waals surface area (Å²) in [5.74, 6) is 0.513. The van der Waals surface area contributed by atoms with Crippen LogP contribution in [0.2, 0.25) is 0 Å². The Bertz CT molecular complexity index is 507. The lowest BCUT2D eigenvalue weighted by molar-refractivity contribution is -0.109. The number of ether oxygens (including phenoxy) is 1. The minimum atomic E-state index is 0.0612. The Morgan fingerprint density at radius 2 is 1.92 bits per heavy atom. The Hall–Kier alpha value is -0.810. The first-order valence-electron chi connectivity index (χ1n) is 9.84. The SMILES string of the molecule is CC(C)N1C2CCC1CN(C(=O)NC1C3CCOC3C1(C)C)CC2. The lowest BCUT2D eigenvalue weighted by atomic mass is 9.57. The second-order valence-electron chi connectivity index (χ2n) is 9.15. The Balaban J connectivity index is 1.41. The molecule has 1 saturated carbocycles. The molecule has 5 heteroatoms. The van der Waals surface area contributed by atoms with Crippen molar-refractivity contribution in [2.24, 2.45) is 11.3 Å². The Morgan fingerprint density at radius 1 is 1.17 bits per heavy atom. The van der Waals surface area contributed by atoms with Crippen molar-refractivity contribution in [3.63, 3.8) is 0 Å². The van der Waals surface area contributed by atoms with Gasteiger partial charge in [-0.15, -0.1) is 0 Å². The fraction of sp³-hybridized carbons (Fsp3) is 0.947. The maximum atomic E-state index is 12.9. The molecule has 3 saturated heterocycles. The van der Waals surface area contributed by atoms with E-state index in [1.165, 1.54) is 12.8 Å². The van der Waals surface area contributed by atoms with E-state index in [2.05, 4.69) is 42.8 Å². The molecule has 2 amide bonds. The first kappa shape index (κ1) is 16.6. The third-order valence-electron chi connectivity index (χ3n) is 7.10. The highest BCUT2D eigenvalue weighted by molar-refractivity contribution is 5.75. The van der Waals surface area contributed by atoms with Crippen molar-refractivity contribution in [2.75, 3.05) is 19.7 Å². The highest BCUT2D eigenvalue weighted by atomic mass is 16.5. The van der Waals surface area contributed by atoms with Gasteiger partial charge < -0.3 is 15.0 Å². The Labute approximate surface area is 146 Å². The summed E-state index contributed by atoms with van der Waals surface area (Å²) >= 11 is 0. The van der Waals surface area contributed by atoms with E-state index in [1.54, 1.807) is 0 Å². The van der Waals surface area contributed by atoms with Gasteiger partial charge in [-0.1, -0.05) is 13.8 Å². The van der Waals surface area contributed by atoms with Gasteiger partial charge in [0.15, 0.2) is 0 Å². The number of hydrogen-bond acceptors (Lipinski definition) is 3. The van der Waals surface area contributed by atoms with Crippen LogP contribution in [0.4, 0.5) is 4.79 Å². The lowest BCUT2D eigenvalue weighted by Crippen LogP contribution is -2.68. The summed E-state index contributed by atoms with van der Waals surface area (Å²) in [5.41, 5.74) is 0.0612. The minimum absolute atomic E-state index is 0.0612. The van der Waals surface area contributed by atoms with Gasteiger partial charge in [0.2, 0.25) is 0 Å². The fourth-order valence-corrected chi connectivity index (χ4v) is 5.98. The van der Waals surface area contributed by atoms with Crippen molar-refractivity contribution < 1.29 is 9.53 Å². The topological polar surface area (TPSA) is 44.8 Å². The number of carbonyl (C=O) groups is 1. The molecule has 0 radical (unpaired) electrons. The first-order chi connectivity index (χ1) is 11.4. The number of rotatable bonds is 2. The van der Waals surface area contributed by atoms with Gasteiger partial charge in [0.25, 0.3) is 0 Å². The van der Waals surface area contributed by atoms with Gasteiger partial charge in [-0.25, -0.2) is 4.79 Å². The number of nitrogens with one attached hydrogen (secondary N) is 1. The maximum Gasteiger partial charge on any atom is 0.317 e. The average Bonchev–Trinajstić information content (AvgIpc) is 3.07. The predicted octanol–water partition coefficient (Wildman–Crippen LogP) is 2.46.